The summed E-state index contributed by atoms with van der Waals surface area (Å²) in [5.74, 6) is 1.88. The smallest absolute Gasteiger partial charge is 0.127 e. The fraction of sp³-hybridized carbons (Fsp3) is 0.571. The maximum atomic E-state index is 5.71. The van der Waals surface area contributed by atoms with Gasteiger partial charge in [-0.25, -0.2) is 0 Å². The number of fused-ring (bicyclic) bond motifs is 1. The molecule has 0 saturated carbocycles. The number of benzene rings is 1. The second kappa shape index (κ2) is 6.50. The normalized spacial score (nSPS) is 14.6. The molecule has 0 unspecified atom stereocenters. The lowest BCUT2D eigenvalue weighted by Gasteiger charge is -2.10. The maximum absolute atomic E-state index is 5.71. The second-order valence-electron chi connectivity index (χ2n) is 4.35. The molecule has 1 aliphatic rings. The van der Waals surface area contributed by atoms with Crippen LogP contribution >= 0.6 is 0 Å². The van der Waals surface area contributed by atoms with Gasteiger partial charge in [-0.3, -0.25) is 0 Å². The van der Waals surface area contributed by atoms with Crippen LogP contribution in [0.15, 0.2) is 18.2 Å². The molecule has 0 bridgehead atoms. The molecular formula is C14H21NO2. The van der Waals surface area contributed by atoms with Crippen molar-refractivity contribution in [1.82, 2.24) is 5.32 Å². The van der Waals surface area contributed by atoms with Crippen LogP contribution in [0.2, 0.25) is 0 Å². The predicted molar refractivity (Wildman–Crippen MR) is 68.7 cm³/mol. The number of hydrogen-bond acceptors (Lipinski definition) is 3. The third-order valence-corrected chi connectivity index (χ3v) is 2.91. The molecule has 1 aliphatic heterocycles. The van der Waals surface area contributed by atoms with Gasteiger partial charge in [0.25, 0.3) is 0 Å². The van der Waals surface area contributed by atoms with Crippen LogP contribution in [0.3, 0.4) is 0 Å². The van der Waals surface area contributed by atoms with E-state index in [0.29, 0.717) is 0 Å². The van der Waals surface area contributed by atoms with Gasteiger partial charge in [0.15, 0.2) is 0 Å². The average Bonchev–Trinajstić information content (AvgIpc) is 2.59. The molecule has 1 aromatic rings. The van der Waals surface area contributed by atoms with Gasteiger partial charge in [-0.1, -0.05) is 25.8 Å². The summed E-state index contributed by atoms with van der Waals surface area (Å²) >= 11 is 0. The number of rotatable bonds is 5. The molecule has 1 aromatic carbocycles. The minimum Gasteiger partial charge on any atom is -0.493 e. The third kappa shape index (κ3) is 3.63. The van der Waals surface area contributed by atoms with Gasteiger partial charge in [0.05, 0.1) is 6.61 Å². The van der Waals surface area contributed by atoms with Gasteiger partial charge in [0.2, 0.25) is 0 Å². The summed E-state index contributed by atoms with van der Waals surface area (Å²) in [6, 6.07) is 6.12. The van der Waals surface area contributed by atoms with Crippen molar-refractivity contribution >= 4 is 0 Å². The Morgan fingerprint density at radius 1 is 1.35 bits per heavy atom. The van der Waals surface area contributed by atoms with Crippen molar-refractivity contribution in [1.29, 1.82) is 0 Å². The highest BCUT2D eigenvalue weighted by molar-refractivity contribution is 5.41. The zero-order chi connectivity index (χ0) is 11.9. The molecule has 0 fully saturated rings. The third-order valence-electron chi connectivity index (χ3n) is 2.91. The maximum Gasteiger partial charge on any atom is 0.127 e. The first-order valence-corrected chi connectivity index (χ1v) is 6.49. The highest BCUT2D eigenvalue weighted by Gasteiger charge is 2.09. The lowest BCUT2D eigenvalue weighted by Crippen LogP contribution is -2.16. The molecule has 2 rings (SSSR count). The van der Waals surface area contributed by atoms with Gasteiger partial charge < -0.3 is 14.8 Å². The molecule has 1 heterocycles. The number of ether oxygens (including phenoxy) is 2. The molecule has 1 N–H and O–H groups in total. The van der Waals surface area contributed by atoms with Crippen molar-refractivity contribution < 1.29 is 9.47 Å². The summed E-state index contributed by atoms with van der Waals surface area (Å²) in [5, 5.41) is 3.32. The van der Waals surface area contributed by atoms with Crippen LogP contribution in [-0.2, 0) is 6.54 Å². The first-order valence-electron chi connectivity index (χ1n) is 6.49. The van der Waals surface area contributed by atoms with Crippen LogP contribution in [0.5, 0.6) is 11.5 Å². The van der Waals surface area contributed by atoms with E-state index in [-0.39, 0.29) is 0 Å². The van der Waals surface area contributed by atoms with Gasteiger partial charge >= 0.3 is 0 Å². The minimum atomic E-state index is 0.728. The predicted octanol–water partition coefficient (Wildman–Crippen LogP) is 2.74. The van der Waals surface area contributed by atoms with E-state index < -0.39 is 0 Å². The Bertz CT molecular complexity index is 352. The molecule has 94 valence electrons. The van der Waals surface area contributed by atoms with Crippen molar-refractivity contribution in [2.75, 3.05) is 19.8 Å². The summed E-state index contributed by atoms with van der Waals surface area (Å²) in [6.07, 6.45) is 3.57. The Labute approximate surface area is 103 Å². The molecule has 0 spiro atoms. The molecule has 0 aliphatic carbocycles. The zero-order valence-corrected chi connectivity index (χ0v) is 10.5. The Kier molecular flexibility index (Phi) is 4.68. The molecule has 0 radical (unpaired) electrons. The van der Waals surface area contributed by atoms with Crippen molar-refractivity contribution in [3.63, 3.8) is 0 Å². The molecule has 0 aromatic heterocycles. The topological polar surface area (TPSA) is 30.5 Å². The number of hydrogen-bond donors (Lipinski definition) is 1. The zero-order valence-electron chi connectivity index (χ0n) is 10.5. The SMILES string of the molecule is CCCCCOc1ccc2c(c1)OCCNC2. The molecule has 0 saturated heterocycles. The lowest BCUT2D eigenvalue weighted by atomic mass is 10.2. The van der Waals surface area contributed by atoms with E-state index >= 15 is 0 Å². The van der Waals surface area contributed by atoms with Gasteiger partial charge in [0, 0.05) is 24.7 Å². The highest BCUT2D eigenvalue weighted by Crippen LogP contribution is 2.26. The van der Waals surface area contributed by atoms with Crippen molar-refractivity contribution in [2.45, 2.75) is 32.7 Å². The van der Waals surface area contributed by atoms with Gasteiger partial charge in [-0.2, -0.15) is 0 Å². The quantitative estimate of drug-likeness (QED) is 0.796. The average molecular weight is 235 g/mol. The Balaban J connectivity index is 1.93. The van der Waals surface area contributed by atoms with Crippen LogP contribution in [0.1, 0.15) is 31.7 Å². The van der Waals surface area contributed by atoms with Crippen molar-refractivity contribution in [3.8, 4) is 11.5 Å². The Morgan fingerprint density at radius 2 is 2.29 bits per heavy atom. The van der Waals surface area contributed by atoms with E-state index in [9.17, 15) is 0 Å². The summed E-state index contributed by atoms with van der Waals surface area (Å²) in [6.45, 7) is 5.51. The minimum absolute atomic E-state index is 0.728. The van der Waals surface area contributed by atoms with E-state index in [4.69, 9.17) is 9.47 Å². The van der Waals surface area contributed by atoms with Crippen LogP contribution in [-0.4, -0.2) is 19.8 Å². The summed E-state index contributed by atoms with van der Waals surface area (Å²) in [7, 11) is 0. The van der Waals surface area contributed by atoms with Gasteiger partial charge in [-0.05, 0) is 12.5 Å². The van der Waals surface area contributed by atoms with Crippen molar-refractivity contribution in [3.05, 3.63) is 23.8 Å². The van der Waals surface area contributed by atoms with Gasteiger partial charge in [-0.15, -0.1) is 0 Å². The molecule has 0 amide bonds. The Morgan fingerprint density at radius 3 is 3.18 bits per heavy atom. The van der Waals surface area contributed by atoms with Gasteiger partial charge in [0.1, 0.15) is 18.1 Å². The van der Waals surface area contributed by atoms with Crippen LogP contribution in [0, 0.1) is 0 Å². The van der Waals surface area contributed by atoms with E-state index in [1.807, 2.05) is 12.1 Å². The monoisotopic (exact) mass is 235 g/mol. The summed E-state index contributed by atoms with van der Waals surface area (Å²) < 4.78 is 11.4. The van der Waals surface area contributed by atoms with Crippen LogP contribution in [0.25, 0.3) is 0 Å². The van der Waals surface area contributed by atoms with E-state index in [0.717, 1.165) is 44.2 Å². The van der Waals surface area contributed by atoms with Crippen LogP contribution in [0.4, 0.5) is 0 Å². The fourth-order valence-corrected chi connectivity index (χ4v) is 1.90. The molecule has 3 nitrogen and oxygen atoms in total. The van der Waals surface area contributed by atoms with E-state index in [2.05, 4.69) is 18.3 Å². The molecular weight excluding hydrogens is 214 g/mol. The van der Waals surface area contributed by atoms with E-state index in [1.54, 1.807) is 0 Å². The standard InChI is InChI=1S/C14H21NO2/c1-2-3-4-8-16-13-6-5-12-11-15-7-9-17-14(12)10-13/h5-6,10,15H,2-4,7-9,11H2,1H3. The molecule has 0 atom stereocenters. The second-order valence-corrected chi connectivity index (χ2v) is 4.35. The van der Waals surface area contributed by atoms with Crippen molar-refractivity contribution in [2.24, 2.45) is 0 Å². The summed E-state index contributed by atoms with van der Waals surface area (Å²) in [4.78, 5) is 0. The first-order chi connectivity index (χ1) is 8.40. The largest absolute Gasteiger partial charge is 0.493 e. The summed E-state index contributed by atoms with van der Waals surface area (Å²) in [5.41, 5.74) is 1.21. The van der Waals surface area contributed by atoms with E-state index in [1.165, 1.54) is 18.4 Å². The highest BCUT2D eigenvalue weighted by atomic mass is 16.5. The number of nitrogens with one attached hydrogen (secondary N) is 1. The Hall–Kier alpha value is -1.22. The number of unbranched alkanes of at least 4 members (excludes halogenated alkanes) is 2. The first kappa shape index (κ1) is 12.2. The molecule has 17 heavy (non-hydrogen) atoms. The molecule has 3 heteroatoms. The van der Waals surface area contributed by atoms with Crippen LogP contribution < -0.4 is 14.8 Å². The fourth-order valence-electron chi connectivity index (χ4n) is 1.90. The lowest BCUT2D eigenvalue weighted by molar-refractivity contribution is 0.298.